The van der Waals surface area contributed by atoms with Crippen molar-refractivity contribution >= 4 is 40.5 Å². The maximum atomic E-state index is 11.9. The zero-order valence-electron chi connectivity index (χ0n) is 10.7. The number of hydrogen-bond donors (Lipinski definition) is 2. The molecule has 1 aromatic rings. The second-order valence-electron chi connectivity index (χ2n) is 4.87. The number of nitrogens with two attached hydrogens (primary N) is 1. The Bertz CT molecular complexity index is 466. The van der Waals surface area contributed by atoms with E-state index in [1.165, 1.54) is 12.8 Å². The van der Waals surface area contributed by atoms with Crippen molar-refractivity contribution in [2.24, 2.45) is 0 Å². The van der Waals surface area contributed by atoms with Crippen LogP contribution < -0.4 is 11.1 Å². The van der Waals surface area contributed by atoms with Gasteiger partial charge in [-0.3, -0.25) is 4.79 Å². The first-order valence-electron chi connectivity index (χ1n) is 6.22. The normalized spacial score (nSPS) is 14.7. The average molecular weight is 302 g/mol. The molecule has 1 aromatic carbocycles. The van der Waals surface area contributed by atoms with Gasteiger partial charge in [-0.05, 0) is 32.0 Å². The van der Waals surface area contributed by atoms with Gasteiger partial charge in [-0.2, -0.15) is 0 Å². The molecular weight excluding hydrogens is 285 g/mol. The van der Waals surface area contributed by atoms with Crippen LogP contribution in [-0.2, 0) is 4.79 Å². The summed E-state index contributed by atoms with van der Waals surface area (Å²) >= 11 is 12.0. The summed E-state index contributed by atoms with van der Waals surface area (Å²) < 4.78 is 0. The van der Waals surface area contributed by atoms with Gasteiger partial charge in [0.15, 0.2) is 0 Å². The van der Waals surface area contributed by atoms with E-state index >= 15 is 0 Å². The second-order valence-corrected chi connectivity index (χ2v) is 5.68. The van der Waals surface area contributed by atoms with Crippen molar-refractivity contribution in [2.75, 3.05) is 24.6 Å². The number of nitrogens with zero attached hydrogens (tertiary/aromatic N) is 1. The van der Waals surface area contributed by atoms with E-state index in [0.29, 0.717) is 33.9 Å². The first-order valence-corrected chi connectivity index (χ1v) is 6.97. The summed E-state index contributed by atoms with van der Waals surface area (Å²) in [6.45, 7) is 0.737. The molecule has 0 radical (unpaired) electrons. The number of benzene rings is 1. The standard InChI is InChI=1S/C13H17Cl2N3O/c1-18(9-2-3-9)5-4-12(19)17-13-10(14)6-8(16)7-11(13)15/h6-7,9H,2-5,16H2,1H3,(H,17,19). The third kappa shape index (κ3) is 4.00. The van der Waals surface area contributed by atoms with E-state index in [1.54, 1.807) is 12.1 Å². The van der Waals surface area contributed by atoms with Gasteiger partial charge >= 0.3 is 0 Å². The van der Waals surface area contributed by atoms with E-state index in [0.717, 1.165) is 6.54 Å². The van der Waals surface area contributed by atoms with Gasteiger partial charge in [0, 0.05) is 24.7 Å². The molecule has 1 fully saturated rings. The van der Waals surface area contributed by atoms with E-state index in [9.17, 15) is 4.79 Å². The summed E-state index contributed by atoms with van der Waals surface area (Å²) in [6, 6.07) is 3.79. The van der Waals surface area contributed by atoms with E-state index in [2.05, 4.69) is 10.2 Å². The number of nitrogen functional groups attached to an aromatic ring is 1. The molecule has 0 aromatic heterocycles. The summed E-state index contributed by atoms with van der Waals surface area (Å²) in [6.07, 6.45) is 2.88. The summed E-state index contributed by atoms with van der Waals surface area (Å²) in [4.78, 5) is 14.1. The monoisotopic (exact) mass is 301 g/mol. The molecule has 1 amide bonds. The minimum absolute atomic E-state index is 0.0962. The number of carbonyl (C=O) groups excluding carboxylic acids is 1. The highest BCUT2D eigenvalue weighted by Gasteiger charge is 2.26. The summed E-state index contributed by atoms with van der Waals surface area (Å²) in [5.74, 6) is -0.0962. The lowest BCUT2D eigenvalue weighted by molar-refractivity contribution is -0.116. The fourth-order valence-electron chi connectivity index (χ4n) is 1.89. The lowest BCUT2D eigenvalue weighted by Gasteiger charge is -2.15. The van der Waals surface area contributed by atoms with Crippen molar-refractivity contribution in [3.8, 4) is 0 Å². The van der Waals surface area contributed by atoms with Crippen molar-refractivity contribution in [1.29, 1.82) is 0 Å². The highest BCUT2D eigenvalue weighted by atomic mass is 35.5. The van der Waals surface area contributed by atoms with E-state index < -0.39 is 0 Å². The fraction of sp³-hybridized carbons (Fsp3) is 0.462. The lowest BCUT2D eigenvalue weighted by atomic mass is 10.2. The maximum absolute atomic E-state index is 11.9. The Morgan fingerprint density at radius 1 is 1.42 bits per heavy atom. The number of amides is 1. The molecule has 3 N–H and O–H groups in total. The molecule has 104 valence electrons. The van der Waals surface area contributed by atoms with Crippen molar-refractivity contribution in [1.82, 2.24) is 4.90 Å². The van der Waals surface area contributed by atoms with E-state index in [-0.39, 0.29) is 5.91 Å². The number of hydrogen-bond acceptors (Lipinski definition) is 3. The van der Waals surface area contributed by atoms with Crippen LogP contribution >= 0.6 is 23.2 Å². The van der Waals surface area contributed by atoms with Crippen LogP contribution in [0.3, 0.4) is 0 Å². The van der Waals surface area contributed by atoms with Gasteiger partial charge in [-0.1, -0.05) is 23.2 Å². The quantitative estimate of drug-likeness (QED) is 0.822. The van der Waals surface area contributed by atoms with Crippen LogP contribution in [0.15, 0.2) is 12.1 Å². The van der Waals surface area contributed by atoms with Gasteiger partial charge in [-0.15, -0.1) is 0 Å². The molecule has 1 saturated carbocycles. The molecule has 1 aliphatic rings. The van der Waals surface area contributed by atoms with E-state index in [1.807, 2.05) is 7.05 Å². The molecule has 0 bridgehead atoms. The molecule has 0 unspecified atom stereocenters. The molecule has 1 aliphatic carbocycles. The molecule has 0 heterocycles. The lowest BCUT2D eigenvalue weighted by Crippen LogP contribution is -2.26. The topological polar surface area (TPSA) is 58.4 Å². The number of halogens is 2. The minimum Gasteiger partial charge on any atom is -0.399 e. The molecule has 0 spiro atoms. The van der Waals surface area contributed by atoms with E-state index in [4.69, 9.17) is 28.9 Å². The van der Waals surface area contributed by atoms with Crippen LogP contribution in [0.25, 0.3) is 0 Å². The average Bonchev–Trinajstić information content (AvgIpc) is 3.14. The van der Waals surface area contributed by atoms with Crippen LogP contribution in [-0.4, -0.2) is 30.4 Å². The SMILES string of the molecule is CN(CCC(=O)Nc1c(Cl)cc(N)cc1Cl)C1CC1. The smallest absolute Gasteiger partial charge is 0.225 e. The summed E-state index contributed by atoms with van der Waals surface area (Å²) in [5, 5.41) is 3.45. The molecule has 6 heteroatoms. The van der Waals surface area contributed by atoms with Crippen LogP contribution in [0, 0.1) is 0 Å². The number of nitrogens with one attached hydrogen (secondary N) is 1. The number of rotatable bonds is 5. The number of carbonyl (C=O) groups is 1. The Morgan fingerprint density at radius 2 is 2.00 bits per heavy atom. The Kier molecular flexibility index (Phi) is 4.55. The van der Waals surface area contributed by atoms with Crippen LogP contribution in [0.1, 0.15) is 19.3 Å². The van der Waals surface area contributed by atoms with Gasteiger partial charge in [-0.25, -0.2) is 0 Å². The third-order valence-corrected chi connectivity index (χ3v) is 3.79. The fourth-order valence-corrected chi connectivity index (χ4v) is 2.49. The molecule has 19 heavy (non-hydrogen) atoms. The molecule has 4 nitrogen and oxygen atoms in total. The van der Waals surface area contributed by atoms with Crippen LogP contribution in [0.5, 0.6) is 0 Å². The predicted octanol–water partition coefficient (Wildman–Crippen LogP) is 3.00. The van der Waals surface area contributed by atoms with Gasteiger partial charge in [0.1, 0.15) is 0 Å². The predicted molar refractivity (Wildman–Crippen MR) is 79.8 cm³/mol. The molecular formula is C13H17Cl2N3O. The van der Waals surface area contributed by atoms with Crippen LogP contribution in [0.4, 0.5) is 11.4 Å². The molecule has 0 saturated heterocycles. The maximum Gasteiger partial charge on any atom is 0.225 e. The zero-order valence-corrected chi connectivity index (χ0v) is 12.3. The molecule has 0 aliphatic heterocycles. The largest absolute Gasteiger partial charge is 0.399 e. The van der Waals surface area contributed by atoms with Crippen molar-refractivity contribution < 1.29 is 4.79 Å². The second kappa shape index (κ2) is 5.99. The molecule has 0 atom stereocenters. The highest BCUT2D eigenvalue weighted by Crippen LogP contribution is 2.33. The van der Waals surface area contributed by atoms with Gasteiger partial charge < -0.3 is 16.0 Å². The van der Waals surface area contributed by atoms with Crippen molar-refractivity contribution in [3.63, 3.8) is 0 Å². The Hall–Kier alpha value is -0.970. The first-order chi connectivity index (χ1) is 8.97. The van der Waals surface area contributed by atoms with Crippen molar-refractivity contribution in [3.05, 3.63) is 22.2 Å². The molecule has 2 rings (SSSR count). The number of anilines is 2. The Morgan fingerprint density at radius 3 is 2.53 bits per heavy atom. The highest BCUT2D eigenvalue weighted by molar-refractivity contribution is 6.40. The van der Waals surface area contributed by atoms with Crippen LogP contribution in [0.2, 0.25) is 10.0 Å². The third-order valence-electron chi connectivity index (χ3n) is 3.19. The Labute approximate surface area is 122 Å². The minimum atomic E-state index is -0.0962. The van der Waals surface area contributed by atoms with Gasteiger partial charge in [0.2, 0.25) is 5.91 Å². The Balaban J connectivity index is 1.91. The zero-order chi connectivity index (χ0) is 14.0. The van der Waals surface area contributed by atoms with Gasteiger partial charge in [0.25, 0.3) is 0 Å². The first kappa shape index (κ1) is 14.4. The summed E-state index contributed by atoms with van der Waals surface area (Å²) in [5.41, 5.74) is 6.51. The summed E-state index contributed by atoms with van der Waals surface area (Å²) in [7, 11) is 2.04. The van der Waals surface area contributed by atoms with Gasteiger partial charge in [0.05, 0.1) is 15.7 Å². The van der Waals surface area contributed by atoms with Crippen molar-refractivity contribution in [2.45, 2.75) is 25.3 Å².